The Bertz CT molecular complexity index is 936. The molecule has 27 heavy (non-hydrogen) atoms. The highest BCUT2D eigenvalue weighted by atomic mass is 32.2. The molecule has 0 radical (unpaired) electrons. The summed E-state index contributed by atoms with van der Waals surface area (Å²) in [5.74, 6) is -1.50. The molecule has 1 aliphatic heterocycles. The summed E-state index contributed by atoms with van der Waals surface area (Å²) >= 11 is 6.44. The number of nitrogens with zero attached hydrogens (tertiary/aromatic N) is 1. The van der Waals surface area contributed by atoms with Gasteiger partial charge in [-0.25, -0.2) is 4.79 Å². The van der Waals surface area contributed by atoms with Gasteiger partial charge in [0, 0.05) is 0 Å². The molecule has 0 bridgehead atoms. The number of thioether (sulfide) groups is 1. The molecule has 136 valence electrons. The third kappa shape index (κ3) is 4.35. The number of carbonyl (C=O) groups excluding carboxylic acids is 1. The van der Waals surface area contributed by atoms with Crippen LogP contribution in [0.25, 0.3) is 6.08 Å². The molecule has 1 amide bonds. The van der Waals surface area contributed by atoms with Gasteiger partial charge in [-0.3, -0.25) is 9.69 Å². The Hall–Kier alpha value is -2.70. The molecule has 0 saturated carbocycles. The van der Waals surface area contributed by atoms with Crippen molar-refractivity contribution in [1.82, 2.24) is 4.90 Å². The number of carbonyl (C=O) groups is 2. The van der Waals surface area contributed by atoms with Crippen LogP contribution in [0.5, 0.6) is 0 Å². The standard InChI is InChI=1S/C21H17NO3S2/c1-14(12-15-8-4-2-5-9-15)13-17-19(23)22(21(26)27-17)18(20(24)25)16-10-6-3-7-11-16/h2-13,18H,1H3,(H,24,25)/b14-12+,17-13+/t18-/m0/s1. The van der Waals surface area contributed by atoms with Gasteiger partial charge in [-0.05, 0) is 29.7 Å². The molecule has 2 aromatic rings. The van der Waals surface area contributed by atoms with Crippen molar-refractivity contribution < 1.29 is 14.7 Å². The van der Waals surface area contributed by atoms with Gasteiger partial charge in [0.25, 0.3) is 5.91 Å². The Morgan fingerprint density at radius 3 is 2.30 bits per heavy atom. The highest BCUT2D eigenvalue weighted by Crippen LogP contribution is 2.38. The molecule has 3 rings (SSSR count). The molecule has 1 heterocycles. The number of amides is 1. The van der Waals surface area contributed by atoms with Crippen LogP contribution in [0.1, 0.15) is 24.1 Å². The van der Waals surface area contributed by atoms with Crippen molar-refractivity contribution >= 4 is 46.3 Å². The van der Waals surface area contributed by atoms with Crippen molar-refractivity contribution in [2.45, 2.75) is 13.0 Å². The monoisotopic (exact) mass is 395 g/mol. The maximum Gasteiger partial charge on any atom is 0.331 e. The Labute approximate surface area is 167 Å². The van der Waals surface area contributed by atoms with E-state index in [0.29, 0.717) is 10.5 Å². The highest BCUT2D eigenvalue weighted by molar-refractivity contribution is 8.26. The van der Waals surface area contributed by atoms with Gasteiger partial charge in [0.2, 0.25) is 0 Å². The molecule has 0 unspecified atom stereocenters. The van der Waals surface area contributed by atoms with Gasteiger partial charge in [0.15, 0.2) is 6.04 Å². The van der Waals surface area contributed by atoms with E-state index in [1.54, 1.807) is 36.4 Å². The second-order valence-electron chi connectivity index (χ2n) is 6.00. The summed E-state index contributed by atoms with van der Waals surface area (Å²) in [6.07, 6.45) is 3.70. The normalized spacial score (nSPS) is 17.4. The Morgan fingerprint density at radius 2 is 1.70 bits per heavy atom. The molecule has 0 spiro atoms. The second kappa shape index (κ2) is 8.33. The first-order valence-electron chi connectivity index (χ1n) is 8.25. The molecule has 1 saturated heterocycles. The van der Waals surface area contributed by atoms with Crippen LogP contribution in [0.2, 0.25) is 0 Å². The van der Waals surface area contributed by atoms with E-state index in [1.165, 1.54) is 4.90 Å². The van der Waals surface area contributed by atoms with Gasteiger partial charge < -0.3 is 5.11 Å². The van der Waals surface area contributed by atoms with Gasteiger partial charge in [0.1, 0.15) is 4.32 Å². The lowest BCUT2D eigenvalue weighted by molar-refractivity contribution is -0.145. The van der Waals surface area contributed by atoms with Gasteiger partial charge in [0.05, 0.1) is 4.91 Å². The van der Waals surface area contributed by atoms with Crippen LogP contribution < -0.4 is 0 Å². The molecular formula is C21H17NO3S2. The van der Waals surface area contributed by atoms with Gasteiger partial charge in [-0.1, -0.05) is 90.7 Å². The zero-order valence-corrected chi connectivity index (χ0v) is 16.2. The van der Waals surface area contributed by atoms with E-state index >= 15 is 0 Å². The minimum atomic E-state index is -1.14. The summed E-state index contributed by atoms with van der Waals surface area (Å²) in [5, 5.41) is 9.69. The number of rotatable bonds is 5. The first-order valence-corrected chi connectivity index (χ1v) is 9.48. The molecule has 0 aliphatic carbocycles. The lowest BCUT2D eigenvalue weighted by Crippen LogP contribution is -2.37. The Kier molecular flexibility index (Phi) is 5.88. The van der Waals surface area contributed by atoms with Crippen molar-refractivity contribution in [1.29, 1.82) is 0 Å². The number of allylic oxidation sites excluding steroid dienone is 2. The van der Waals surface area contributed by atoms with E-state index in [1.807, 2.05) is 43.3 Å². The van der Waals surface area contributed by atoms with E-state index in [0.717, 1.165) is 22.9 Å². The third-order valence-electron chi connectivity index (χ3n) is 3.98. The fourth-order valence-electron chi connectivity index (χ4n) is 2.80. The zero-order chi connectivity index (χ0) is 19.4. The van der Waals surface area contributed by atoms with E-state index in [2.05, 4.69) is 0 Å². The fraction of sp³-hybridized carbons (Fsp3) is 0.0952. The van der Waals surface area contributed by atoms with Crippen LogP contribution in [0.4, 0.5) is 0 Å². The first-order chi connectivity index (χ1) is 13.0. The molecule has 2 aromatic carbocycles. The van der Waals surface area contributed by atoms with Gasteiger partial charge in [-0.15, -0.1) is 0 Å². The van der Waals surface area contributed by atoms with Crippen molar-refractivity contribution in [3.8, 4) is 0 Å². The molecule has 1 aliphatic rings. The maximum absolute atomic E-state index is 12.9. The Balaban J connectivity index is 1.90. The van der Waals surface area contributed by atoms with Gasteiger partial charge >= 0.3 is 5.97 Å². The third-order valence-corrected chi connectivity index (χ3v) is 5.31. The predicted octanol–water partition coefficient (Wildman–Crippen LogP) is 4.66. The first kappa shape index (κ1) is 19.1. The van der Waals surface area contributed by atoms with Crippen LogP contribution in [-0.2, 0) is 9.59 Å². The van der Waals surface area contributed by atoms with Crippen LogP contribution in [0, 0.1) is 0 Å². The lowest BCUT2D eigenvalue weighted by Gasteiger charge is -2.23. The van der Waals surface area contributed by atoms with Crippen LogP contribution in [0.3, 0.4) is 0 Å². The molecule has 1 N–H and O–H groups in total. The summed E-state index contributed by atoms with van der Waals surface area (Å²) in [6.45, 7) is 1.89. The van der Waals surface area contributed by atoms with E-state index in [4.69, 9.17) is 12.2 Å². The van der Waals surface area contributed by atoms with Crippen molar-refractivity contribution in [2.75, 3.05) is 0 Å². The number of carboxylic acids is 1. The average molecular weight is 396 g/mol. The SMILES string of the molecule is CC(=C\c1ccccc1)/C=C1/SC(=S)N([C@H](C(=O)O)c2ccccc2)C1=O. The number of hydrogen-bond donors (Lipinski definition) is 1. The summed E-state index contributed by atoms with van der Waals surface area (Å²) in [6, 6.07) is 17.3. The number of benzene rings is 2. The topological polar surface area (TPSA) is 57.6 Å². The fourth-order valence-corrected chi connectivity index (χ4v) is 4.16. The van der Waals surface area contributed by atoms with E-state index in [-0.39, 0.29) is 10.2 Å². The number of aliphatic carboxylic acids is 1. The average Bonchev–Trinajstić information content (AvgIpc) is 2.91. The molecule has 1 atom stereocenters. The van der Waals surface area contributed by atoms with E-state index < -0.39 is 12.0 Å². The summed E-state index contributed by atoms with van der Waals surface area (Å²) < 4.78 is 0.245. The Morgan fingerprint density at radius 1 is 1.11 bits per heavy atom. The van der Waals surface area contributed by atoms with Crippen LogP contribution in [-0.4, -0.2) is 26.2 Å². The van der Waals surface area contributed by atoms with E-state index in [9.17, 15) is 14.7 Å². The smallest absolute Gasteiger partial charge is 0.331 e. The number of carboxylic acid groups (broad SMARTS) is 1. The zero-order valence-electron chi connectivity index (χ0n) is 14.5. The molecule has 1 fully saturated rings. The van der Waals surface area contributed by atoms with Crippen LogP contribution >= 0.6 is 24.0 Å². The molecular weight excluding hydrogens is 378 g/mol. The van der Waals surface area contributed by atoms with Crippen LogP contribution in [0.15, 0.2) is 77.2 Å². The predicted molar refractivity (Wildman–Crippen MR) is 112 cm³/mol. The van der Waals surface area contributed by atoms with Crippen molar-refractivity contribution in [3.63, 3.8) is 0 Å². The number of thiocarbonyl (C=S) groups is 1. The molecule has 6 heteroatoms. The summed E-state index contributed by atoms with van der Waals surface area (Å²) in [7, 11) is 0. The largest absolute Gasteiger partial charge is 0.479 e. The van der Waals surface area contributed by atoms with Crippen molar-refractivity contribution in [3.05, 3.63) is 88.3 Å². The lowest BCUT2D eigenvalue weighted by atomic mass is 10.1. The minimum Gasteiger partial charge on any atom is -0.479 e. The second-order valence-corrected chi connectivity index (χ2v) is 7.68. The quantitative estimate of drug-likeness (QED) is 0.589. The number of hydrogen-bond acceptors (Lipinski definition) is 4. The molecule has 4 nitrogen and oxygen atoms in total. The van der Waals surface area contributed by atoms with Crippen molar-refractivity contribution in [2.24, 2.45) is 0 Å². The minimum absolute atomic E-state index is 0.245. The summed E-state index contributed by atoms with van der Waals surface area (Å²) in [4.78, 5) is 26.3. The maximum atomic E-state index is 12.9. The summed E-state index contributed by atoms with van der Waals surface area (Å²) in [5.41, 5.74) is 2.42. The van der Waals surface area contributed by atoms with Gasteiger partial charge in [-0.2, -0.15) is 0 Å². The highest BCUT2D eigenvalue weighted by Gasteiger charge is 2.41. The molecule has 0 aromatic heterocycles.